The maximum absolute atomic E-state index is 13.5. The van der Waals surface area contributed by atoms with Gasteiger partial charge in [0.1, 0.15) is 11.6 Å². The second-order valence-corrected chi connectivity index (χ2v) is 4.18. The number of hydrogen-bond acceptors (Lipinski definition) is 4. The van der Waals surface area contributed by atoms with Crippen LogP contribution in [-0.4, -0.2) is 22.1 Å². The van der Waals surface area contributed by atoms with E-state index in [-0.39, 0.29) is 22.6 Å². The van der Waals surface area contributed by atoms with Crippen LogP contribution in [0.4, 0.5) is 10.1 Å². The summed E-state index contributed by atoms with van der Waals surface area (Å²) in [5.41, 5.74) is 5.72. The molecule has 5 N–H and O–H groups in total. The first-order valence-electron chi connectivity index (χ1n) is 5.89. The first-order valence-corrected chi connectivity index (χ1v) is 5.89. The van der Waals surface area contributed by atoms with E-state index in [2.05, 4.69) is 10.5 Å². The summed E-state index contributed by atoms with van der Waals surface area (Å²) >= 11 is 0. The van der Waals surface area contributed by atoms with Crippen molar-refractivity contribution in [3.8, 4) is 5.75 Å². The standard InChI is InChI=1S/C14H12FN3O3/c15-12-5-4-9(7-11(12)13(16)18-21)17-14(20)8-2-1-3-10(19)6-8/h1-7,19,21H,(H2,16,18)(H,17,20). The van der Waals surface area contributed by atoms with Gasteiger partial charge in [0.05, 0.1) is 5.56 Å². The lowest BCUT2D eigenvalue weighted by Gasteiger charge is -2.08. The number of nitrogens with zero attached hydrogens (tertiary/aromatic N) is 1. The Kier molecular flexibility index (Phi) is 4.03. The van der Waals surface area contributed by atoms with E-state index >= 15 is 0 Å². The number of rotatable bonds is 3. The molecule has 7 heteroatoms. The minimum absolute atomic E-state index is 0.0425. The quantitative estimate of drug-likeness (QED) is 0.299. The topological polar surface area (TPSA) is 108 Å². The molecule has 0 unspecified atom stereocenters. The van der Waals surface area contributed by atoms with Crippen molar-refractivity contribution in [2.45, 2.75) is 0 Å². The van der Waals surface area contributed by atoms with Gasteiger partial charge in [-0.3, -0.25) is 4.79 Å². The van der Waals surface area contributed by atoms with Crippen LogP contribution in [0.2, 0.25) is 0 Å². The van der Waals surface area contributed by atoms with Crippen molar-refractivity contribution >= 4 is 17.4 Å². The monoisotopic (exact) mass is 289 g/mol. The van der Waals surface area contributed by atoms with Crippen LogP contribution in [0, 0.1) is 5.82 Å². The molecule has 0 heterocycles. The van der Waals surface area contributed by atoms with E-state index < -0.39 is 17.6 Å². The van der Waals surface area contributed by atoms with Gasteiger partial charge < -0.3 is 21.4 Å². The molecular formula is C14H12FN3O3. The molecule has 0 atom stereocenters. The fourth-order valence-corrected chi connectivity index (χ4v) is 1.70. The number of halogens is 1. The van der Waals surface area contributed by atoms with Gasteiger partial charge in [0, 0.05) is 11.3 Å². The maximum atomic E-state index is 13.5. The van der Waals surface area contributed by atoms with Crippen molar-refractivity contribution in [3.63, 3.8) is 0 Å². The second kappa shape index (κ2) is 5.91. The Morgan fingerprint density at radius 3 is 2.67 bits per heavy atom. The van der Waals surface area contributed by atoms with Crippen LogP contribution < -0.4 is 11.1 Å². The highest BCUT2D eigenvalue weighted by atomic mass is 19.1. The second-order valence-electron chi connectivity index (χ2n) is 4.18. The molecule has 6 nitrogen and oxygen atoms in total. The number of amidine groups is 1. The van der Waals surface area contributed by atoms with E-state index in [1.807, 2.05) is 0 Å². The highest BCUT2D eigenvalue weighted by Crippen LogP contribution is 2.17. The van der Waals surface area contributed by atoms with Gasteiger partial charge in [-0.25, -0.2) is 4.39 Å². The van der Waals surface area contributed by atoms with Crippen molar-refractivity contribution in [1.29, 1.82) is 0 Å². The van der Waals surface area contributed by atoms with Crippen LogP contribution in [0.25, 0.3) is 0 Å². The number of phenolic OH excluding ortho intramolecular Hbond substituents is 1. The number of anilines is 1. The highest BCUT2D eigenvalue weighted by molar-refractivity contribution is 6.05. The SMILES string of the molecule is NC(=NO)c1cc(NC(=O)c2cccc(O)c2)ccc1F. The number of carbonyl (C=O) groups is 1. The molecule has 0 aromatic heterocycles. The summed E-state index contributed by atoms with van der Waals surface area (Å²) in [5.74, 6) is -1.61. The number of nitrogens with one attached hydrogen (secondary N) is 1. The van der Waals surface area contributed by atoms with E-state index in [9.17, 15) is 14.3 Å². The average molecular weight is 289 g/mol. The molecule has 21 heavy (non-hydrogen) atoms. The van der Waals surface area contributed by atoms with E-state index in [1.54, 1.807) is 0 Å². The Balaban J connectivity index is 2.26. The van der Waals surface area contributed by atoms with Crippen LogP contribution in [0.5, 0.6) is 5.75 Å². The molecule has 0 aliphatic heterocycles. The number of hydrogen-bond donors (Lipinski definition) is 4. The van der Waals surface area contributed by atoms with Gasteiger partial charge in [0.2, 0.25) is 0 Å². The molecule has 0 aliphatic rings. The molecule has 2 aromatic rings. The number of nitrogens with two attached hydrogens (primary N) is 1. The van der Waals surface area contributed by atoms with Crippen molar-refractivity contribution in [2.24, 2.45) is 10.9 Å². The van der Waals surface area contributed by atoms with Crippen molar-refractivity contribution in [3.05, 3.63) is 59.4 Å². The summed E-state index contributed by atoms with van der Waals surface area (Å²) in [6.45, 7) is 0. The van der Waals surface area contributed by atoms with Crippen LogP contribution in [0.1, 0.15) is 15.9 Å². The highest BCUT2D eigenvalue weighted by Gasteiger charge is 2.11. The average Bonchev–Trinajstić information content (AvgIpc) is 2.48. The molecular weight excluding hydrogens is 277 g/mol. The first-order chi connectivity index (χ1) is 10.0. The Bertz CT molecular complexity index is 716. The number of benzene rings is 2. The van der Waals surface area contributed by atoms with Gasteiger partial charge in [-0.2, -0.15) is 0 Å². The number of carbonyl (C=O) groups excluding carboxylic acids is 1. The number of amides is 1. The van der Waals surface area contributed by atoms with Crippen LogP contribution in [0.3, 0.4) is 0 Å². The summed E-state index contributed by atoms with van der Waals surface area (Å²) < 4.78 is 13.5. The molecule has 2 aromatic carbocycles. The van der Waals surface area contributed by atoms with Gasteiger partial charge in [0.25, 0.3) is 5.91 Å². The summed E-state index contributed by atoms with van der Waals surface area (Å²) in [4.78, 5) is 12.0. The molecule has 0 saturated carbocycles. The molecule has 0 radical (unpaired) electrons. The summed E-state index contributed by atoms with van der Waals surface area (Å²) in [6, 6.07) is 9.44. The number of aromatic hydroxyl groups is 1. The van der Waals surface area contributed by atoms with Crippen LogP contribution in [-0.2, 0) is 0 Å². The number of phenols is 1. The zero-order chi connectivity index (χ0) is 15.4. The van der Waals surface area contributed by atoms with E-state index in [4.69, 9.17) is 10.9 Å². The molecule has 0 aliphatic carbocycles. The molecule has 0 spiro atoms. The van der Waals surface area contributed by atoms with Gasteiger partial charge >= 0.3 is 0 Å². The maximum Gasteiger partial charge on any atom is 0.255 e. The molecule has 0 bridgehead atoms. The van der Waals surface area contributed by atoms with Crippen LogP contribution in [0.15, 0.2) is 47.6 Å². The molecule has 1 amide bonds. The largest absolute Gasteiger partial charge is 0.508 e. The smallest absolute Gasteiger partial charge is 0.255 e. The Morgan fingerprint density at radius 2 is 2.00 bits per heavy atom. The van der Waals surface area contributed by atoms with E-state index in [0.29, 0.717) is 0 Å². The lowest BCUT2D eigenvalue weighted by Crippen LogP contribution is -2.17. The lowest BCUT2D eigenvalue weighted by molar-refractivity contribution is 0.102. The fourth-order valence-electron chi connectivity index (χ4n) is 1.70. The van der Waals surface area contributed by atoms with Gasteiger partial charge in [-0.15, -0.1) is 0 Å². The third-order valence-electron chi connectivity index (χ3n) is 2.72. The van der Waals surface area contributed by atoms with Crippen molar-refractivity contribution in [1.82, 2.24) is 0 Å². The third-order valence-corrected chi connectivity index (χ3v) is 2.72. The lowest BCUT2D eigenvalue weighted by atomic mass is 10.1. The molecule has 0 saturated heterocycles. The third kappa shape index (κ3) is 3.27. The van der Waals surface area contributed by atoms with E-state index in [0.717, 1.165) is 6.07 Å². The predicted octanol–water partition coefficient (Wildman–Crippen LogP) is 1.88. The van der Waals surface area contributed by atoms with Gasteiger partial charge in [-0.1, -0.05) is 11.2 Å². The molecule has 108 valence electrons. The van der Waals surface area contributed by atoms with Crippen molar-refractivity contribution in [2.75, 3.05) is 5.32 Å². The number of oxime groups is 1. The zero-order valence-electron chi connectivity index (χ0n) is 10.7. The predicted molar refractivity (Wildman–Crippen MR) is 75.0 cm³/mol. The first kappa shape index (κ1) is 14.3. The Morgan fingerprint density at radius 1 is 1.24 bits per heavy atom. The Hall–Kier alpha value is -3.09. The Labute approximate surface area is 119 Å². The summed E-state index contributed by atoms with van der Waals surface area (Å²) in [5, 5.41) is 23.1. The van der Waals surface area contributed by atoms with Crippen LogP contribution >= 0.6 is 0 Å². The molecule has 2 rings (SSSR count). The summed E-state index contributed by atoms with van der Waals surface area (Å²) in [7, 11) is 0. The zero-order valence-corrected chi connectivity index (χ0v) is 10.7. The van der Waals surface area contributed by atoms with Gasteiger partial charge in [-0.05, 0) is 36.4 Å². The normalized spacial score (nSPS) is 11.2. The minimum atomic E-state index is -0.680. The molecule has 0 fully saturated rings. The van der Waals surface area contributed by atoms with Gasteiger partial charge in [0.15, 0.2) is 5.84 Å². The van der Waals surface area contributed by atoms with E-state index in [1.165, 1.54) is 36.4 Å². The minimum Gasteiger partial charge on any atom is -0.508 e. The van der Waals surface area contributed by atoms with Crippen molar-refractivity contribution < 1.29 is 19.5 Å². The summed E-state index contributed by atoms with van der Waals surface area (Å²) in [6.07, 6.45) is 0. The fraction of sp³-hybridized carbons (Fsp3) is 0.